The minimum Gasteiger partial charge on any atom is -0.351 e. The molecule has 1 fully saturated rings. The third kappa shape index (κ3) is 5.21. The first-order valence-electron chi connectivity index (χ1n) is 12.9. The summed E-state index contributed by atoms with van der Waals surface area (Å²) in [7, 11) is 0. The number of benzene rings is 1. The van der Waals surface area contributed by atoms with Crippen LogP contribution in [0.4, 0.5) is 0 Å². The van der Waals surface area contributed by atoms with Gasteiger partial charge in [-0.15, -0.1) is 0 Å². The fourth-order valence-electron chi connectivity index (χ4n) is 5.21. The normalized spacial score (nSPS) is 21.8. The molecule has 34 heavy (non-hydrogen) atoms. The monoisotopic (exact) mass is 464 g/mol. The Kier molecular flexibility index (Phi) is 7.15. The second-order valence-corrected chi connectivity index (χ2v) is 11.3. The zero-order valence-electron chi connectivity index (χ0n) is 21.3. The minimum atomic E-state index is -0.964. The smallest absolute Gasteiger partial charge is 0.273 e. The molecule has 1 aromatic heterocycles. The van der Waals surface area contributed by atoms with E-state index in [9.17, 15) is 9.59 Å². The second kappa shape index (κ2) is 9.93. The molecule has 184 valence electrons. The number of carbonyl (C=O) groups excluding carboxylic acids is 2. The molecule has 0 bridgehead atoms. The van der Waals surface area contributed by atoms with Crippen molar-refractivity contribution in [2.75, 3.05) is 6.54 Å². The average Bonchev–Trinajstić information content (AvgIpc) is 3.07. The van der Waals surface area contributed by atoms with Crippen LogP contribution in [0.1, 0.15) is 94.4 Å². The number of carbonyl (C=O) groups is 2. The fraction of sp³-hybridized carbons (Fsp3) is 0.607. The van der Waals surface area contributed by atoms with Crippen LogP contribution in [0.15, 0.2) is 36.4 Å². The molecule has 1 atom stereocenters. The van der Waals surface area contributed by atoms with E-state index >= 15 is 0 Å². The number of aryl methyl sites for hydroxylation is 1. The highest BCUT2D eigenvalue weighted by Crippen LogP contribution is 2.31. The first-order valence-corrected chi connectivity index (χ1v) is 12.9. The van der Waals surface area contributed by atoms with Gasteiger partial charge in [0.2, 0.25) is 5.91 Å². The lowest BCUT2D eigenvalue weighted by Crippen LogP contribution is -2.65. The molecule has 0 radical (unpaired) electrons. The van der Waals surface area contributed by atoms with Gasteiger partial charge >= 0.3 is 0 Å². The predicted molar refractivity (Wildman–Crippen MR) is 135 cm³/mol. The molecule has 6 heteroatoms. The maximum absolute atomic E-state index is 13.8. The summed E-state index contributed by atoms with van der Waals surface area (Å²) in [5.74, 6) is -0.147. The Hall–Kier alpha value is -2.63. The van der Waals surface area contributed by atoms with E-state index in [-0.39, 0.29) is 23.3 Å². The summed E-state index contributed by atoms with van der Waals surface area (Å²) < 4.78 is 1.77. The molecule has 1 aromatic carbocycles. The van der Waals surface area contributed by atoms with E-state index in [0.717, 1.165) is 44.2 Å². The largest absolute Gasteiger partial charge is 0.351 e. The van der Waals surface area contributed by atoms with Crippen LogP contribution in [0.25, 0.3) is 0 Å². The van der Waals surface area contributed by atoms with E-state index in [1.54, 1.807) is 4.68 Å². The summed E-state index contributed by atoms with van der Waals surface area (Å²) in [5, 5.41) is 8.09. The quantitative estimate of drug-likeness (QED) is 0.621. The van der Waals surface area contributed by atoms with Crippen molar-refractivity contribution < 1.29 is 9.59 Å². The van der Waals surface area contributed by atoms with E-state index in [2.05, 4.69) is 38.2 Å². The maximum atomic E-state index is 13.8. The van der Waals surface area contributed by atoms with Crippen LogP contribution in [-0.2, 0) is 23.2 Å². The highest BCUT2D eigenvalue weighted by atomic mass is 16.2. The Morgan fingerprint density at radius 2 is 1.79 bits per heavy atom. The molecule has 1 unspecified atom stereocenters. The molecule has 1 aliphatic heterocycles. The van der Waals surface area contributed by atoms with E-state index in [1.807, 2.05) is 36.1 Å². The summed E-state index contributed by atoms with van der Waals surface area (Å²) >= 11 is 0. The molecule has 4 rings (SSSR count). The van der Waals surface area contributed by atoms with Gasteiger partial charge in [0, 0.05) is 18.0 Å². The van der Waals surface area contributed by atoms with E-state index in [1.165, 1.54) is 18.4 Å². The molecule has 1 saturated carbocycles. The van der Waals surface area contributed by atoms with Crippen molar-refractivity contribution in [3.8, 4) is 0 Å². The molecule has 0 spiro atoms. The Bertz CT molecular complexity index is 999. The van der Waals surface area contributed by atoms with Crippen molar-refractivity contribution >= 4 is 11.8 Å². The lowest BCUT2D eigenvalue weighted by molar-refractivity contribution is -0.134. The average molecular weight is 465 g/mol. The van der Waals surface area contributed by atoms with E-state index < -0.39 is 5.54 Å². The number of fused-ring (bicyclic) bond motifs is 1. The predicted octanol–water partition coefficient (Wildman–Crippen LogP) is 4.87. The van der Waals surface area contributed by atoms with Crippen LogP contribution in [-0.4, -0.2) is 44.6 Å². The zero-order valence-corrected chi connectivity index (χ0v) is 21.3. The van der Waals surface area contributed by atoms with Gasteiger partial charge in [-0.25, -0.2) is 0 Å². The van der Waals surface area contributed by atoms with Gasteiger partial charge < -0.3 is 10.2 Å². The van der Waals surface area contributed by atoms with Crippen molar-refractivity contribution in [2.45, 2.75) is 103 Å². The topological polar surface area (TPSA) is 67.2 Å². The van der Waals surface area contributed by atoms with Gasteiger partial charge in [0.15, 0.2) is 0 Å². The number of hydrogen-bond donors (Lipinski definition) is 1. The zero-order chi connectivity index (χ0) is 24.3. The van der Waals surface area contributed by atoms with Gasteiger partial charge in [0.05, 0.1) is 12.2 Å². The number of aromatic nitrogens is 2. The van der Waals surface area contributed by atoms with Gasteiger partial charge in [-0.3, -0.25) is 14.3 Å². The lowest BCUT2D eigenvalue weighted by Gasteiger charge is -2.44. The molecular formula is C28H40N4O2. The Morgan fingerprint density at radius 3 is 2.44 bits per heavy atom. The molecule has 2 amide bonds. The van der Waals surface area contributed by atoms with Crippen molar-refractivity contribution in [2.24, 2.45) is 0 Å². The van der Waals surface area contributed by atoms with Crippen LogP contribution in [0.3, 0.4) is 0 Å². The second-order valence-electron chi connectivity index (χ2n) is 11.3. The van der Waals surface area contributed by atoms with Crippen LogP contribution in [0, 0.1) is 0 Å². The first kappa shape index (κ1) is 24.5. The van der Waals surface area contributed by atoms with Gasteiger partial charge in [0.1, 0.15) is 11.2 Å². The lowest BCUT2D eigenvalue weighted by atomic mass is 9.91. The standard InChI is InChI=1S/C28H40N4O2/c1-27(2,3)24-19-23-25(33)31(18-12-15-21-13-8-7-9-14-21)28(4,20-32(23)30-24)26(34)29-22-16-10-5-6-11-17-22/h7-9,13-14,19,22H,5-6,10-12,15-18,20H2,1-4H3,(H,29,34). The summed E-state index contributed by atoms with van der Waals surface area (Å²) in [6.07, 6.45) is 8.49. The molecular weight excluding hydrogens is 424 g/mol. The summed E-state index contributed by atoms with van der Waals surface area (Å²) in [6, 6.07) is 12.4. The van der Waals surface area contributed by atoms with Gasteiger partial charge in [-0.05, 0) is 44.2 Å². The van der Waals surface area contributed by atoms with Crippen molar-refractivity contribution in [3.05, 3.63) is 53.3 Å². The van der Waals surface area contributed by atoms with Crippen LogP contribution >= 0.6 is 0 Å². The highest BCUT2D eigenvalue weighted by molar-refractivity contribution is 5.99. The minimum absolute atomic E-state index is 0.0501. The van der Waals surface area contributed by atoms with Crippen LogP contribution in [0.5, 0.6) is 0 Å². The molecule has 6 nitrogen and oxygen atoms in total. The van der Waals surface area contributed by atoms with Crippen molar-refractivity contribution in [3.63, 3.8) is 0 Å². The highest BCUT2D eigenvalue weighted by Gasteiger charge is 2.48. The van der Waals surface area contributed by atoms with Crippen LogP contribution < -0.4 is 5.32 Å². The Balaban J connectivity index is 1.59. The van der Waals surface area contributed by atoms with Crippen LogP contribution in [0.2, 0.25) is 0 Å². The fourth-order valence-corrected chi connectivity index (χ4v) is 5.21. The molecule has 1 aliphatic carbocycles. The van der Waals surface area contributed by atoms with Crippen molar-refractivity contribution in [1.82, 2.24) is 20.0 Å². The van der Waals surface area contributed by atoms with Gasteiger partial charge in [-0.1, -0.05) is 76.8 Å². The number of hydrogen-bond acceptors (Lipinski definition) is 3. The third-order valence-corrected chi connectivity index (χ3v) is 7.44. The molecule has 2 heterocycles. The number of rotatable bonds is 6. The molecule has 2 aliphatic rings. The summed E-state index contributed by atoms with van der Waals surface area (Å²) in [4.78, 5) is 29.3. The summed E-state index contributed by atoms with van der Waals surface area (Å²) in [5.41, 5.74) is 1.59. The van der Waals surface area contributed by atoms with Gasteiger partial charge in [-0.2, -0.15) is 5.10 Å². The number of amides is 2. The Labute approximate surface area is 204 Å². The molecule has 1 N–H and O–H groups in total. The summed E-state index contributed by atoms with van der Waals surface area (Å²) in [6.45, 7) is 9.14. The third-order valence-electron chi connectivity index (χ3n) is 7.44. The molecule has 2 aromatic rings. The molecule has 0 saturated heterocycles. The number of nitrogens with zero attached hydrogens (tertiary/aromatic N) is 3. The SMILES string of the molecule is CC(C)(C)c1cc2n(n1)CC(C)(C(=O)NC1CCCCCC1)N(CCCc1ccccc1)C2=O. The van der Waals surface area contributed by atoms with Gasteiger partial charge in [0.25, 0.3) is 5.91 Å². The Morgan fingerprint density at radius 1 is 1.12 bits per heavy atom. The first-order chi connectivity index (χ1) is 16.2. The van der Waals surface area contributed by atoms with E-state index in [0.29, 0.717) is 18.8 Å². The van der Waals surface area contributed by atoms with Crippen molar-refractivity contribution in [1.29, 1.82) is 0 Å². The number of nitrogens with one attached hydrogen (secondary N) is 1. The van der Waals surface area contributed by atoms with E-state index in [4.69, 9.17) is 5.10 Å². The maximum Gasteiger partial charge on any atom is 0.273 e.